The number of benzene rings is 2. The molecule has 2 aromatic carbocycles. The summed E-state index contributed by atoms with van der Waals surface area (Å²) in [5, 5.41) is 5.89. The molecule has 3 aromatic rings. The highest BCUT2D eigenvalue weighted by atomic mass is 32.2. The number of rotatable bonds is 5. The van der Waals surface area contributed by atoms with Crippen LogP contribution in [0.1, 0.15) is 12.5 Å². The predicted molar refractivity (Wildman–Crippen MR) is 105 cm³/mol. The first kappa shape index (κ1) is 18.5. The number of oxazole rings is 1. The summed E-state index contributed by atoms with van der Waals surface area (Å²) in [6, 6.07) is 14.6. The van der Waals surface area contributed by atoms with Gasteiger partial charge in [-0.3, -0.25) is 9.59 Å². The quantitative estimate of drug-likeness (QED) is 0.526. The van der Waals surface area contributed by atoms with E-state index in [1.165, 1.54) is 18.7 Å². The Morgan fingerprint density at radius 3 is 2.67 bits per heavy atom. The first-order valence-corrected chi connectivity index (χ1v) is 9.20. The average molecular weight is 379 g/mol. The summed E-state index contributed by atoms with van der Waals surface area (Å²) in [5.74, 6) is 5.80. The topological polar surface area (TPSA) is 84.2 Å². The van der Waals surface area contributed by atoms with Crippen molar-refractivity contribution in [1.82, 2.24) is 10.3 Å². The van der Waals surface area contributed by atoms with Gasteiger partial charge < -0.3 is 15.1 Å². The van der Waals surface area contributed by atoms with Crippen LogP contribution in [-0.4, -0.2) is 29.1 Å². The van der Waals surface area contributed by atoms with Crippen molar-refractivity contribution in [2.24, 2.45) is 0 Å². The molecule has 27 heavy (non-hydrogen) atoms. The number of aromatic nitrogens is 1. The zero-order chi connectivity index (χ0) is 19.1. The van der Waals surface area contributed by atoms with E-state index in [0.29, 0.717) is 10.8 Å². The van der Waals surface area contributed by atoms with E-state index in [1.54, 1.807) is 12.1 Å². The Balaban J connectivity index is 1.43. The van der Waals surface area contributed by atoms with Crippen LogP contribution in [0.15, 0.2) is 58.2 Å². The SMILES string of the molecule is CC(=O)Nc1ccc(C#CCNC(=O)CSc2nc3ccccc3o2)cc1. The second-order valence-corrected chi connectivity index (χ2v) is 6.50. The molecule has 6 nitrogen and oxygen atoms in total. The van der Waals surface area contributed by atoms with E-state index in [4.69, 9.17) is 4.42 Å². The number of anilines is 1. The number of para-hydroxylation sites is 2. The normalized spacial score (nSPS) is 10.1. The van der Waals surface area contributed by atoms with Crippen molar-refractivity contribution in [3.05, 3.63) is 54.1 Å². The molecule has 0 saturated heterocycles. The molecule has 0 spiro atoms. The Morgan fingerprint density at radius 2 is 1.93 bits per heavy atom. The molecule has 0 aliphatic carbocycles. The van der Waals surface area contributed by atoms with Crippen LogP contribution >= 0.6 is 11.8 Å². The number of amides is 2. The lowest BCUT2D eigenvalue weighted by molar-refractivity contribution is -0.118. The molecule has 0 bridgehead atoms. The van der Waals surface area contributed by atoms with Gasteiger partial charge in [0.1, 0.15) is 5.52 Å². The van der Waals surface area contributed by atoms with Gasteiger partial charge in [0.05, 0.1) is 12.3 Å². The molecule has 0 fully saturated rings. The van der Waals surface area contributed by atoms with Crippen molar-refractivity contribution in [1.29, 1.82) is 0 Å². The number of carbonyl (C=O) groups is 2. The van der Waals surface area contributed by atoms with Gasteiger partial charge in [-0.2, -0.15) is 0 Å². The van der Waals surface area contributed by atoms with Gasteiger partial charge in [0.2, 0.25) is 11.8 Å². The molecular weight excluding hydrogens is 362 g/mol. The minimum atomic E-state index is -0.141. The average Bonchev–Trinajstić information content (AvgIpc) is 3.07. The molecular formula is C20H17N3O3S. The van der Waals surface area contributed by atoms with Crippen LogP contribution in [0.3, 0.4) is 0 Å². The third-order valence-corrected chi connectivity index (χ3v) is 4.24. The van der Waals surface area contributed by atoms with Gasteiger partial charge in [0, 0.05) is 18.2 Å². The molecule has 0 radical (unpaired) electrons. The lowest BCUT2D eigenvalue weighted by Gasteiger charge is -2.01. The van der Waals surface area contributed by atoms with E-state index in [9.17, 15) is 9.59 Å². The number of nitrogens with one attached hydrogen (secondary N) is 2. The Labute approximate surface area is 160 Å². The second kappa shape index (κ2) is 8.92. The molecule has 0 unspecified atom stereocenters. The molecule has 1 aromatic heterocycles. The maximum atomic E-state index is 11.9. The molecule has 0 aliphatic rings. The van der Waals surface area contributed by atoms with Gasteiger partial charge in [-0.1, -0.05) is 35.7 Å². The van der Waals surface area contributed by atoms with Crippen LogP contribution in [0.25, 0.3) is 11.1 Å². The van der Waals surface area contributed by atoms with Gasteiger partial charge in [0.15, 0.2) is 5.58 Å². The third kappa shape index (κ3) is 5.62. The minimum absolute atomic E-state index is 0.118. The van der Waals surface area contributed by atoms with Crippen molar-refractivity contribution < 1.29 is 14.0 Å². The standard InChI is InChI=1S/C20H17N3O3S/c1-14(24)22-16-10-8-15(9-11-16)5-4-12-21-19(25)13-27-20-23-17-6-2-3-7-18(17)26-20/h2-3,6-11H,12-13H2,1H3,(H,21,25)(H,22,24). The summed E-state index contributed by atoms with van der Waals surface area (Å²) < 4.78 is 5.55. The third-order valence-electron chi connectivity index (χ3n) is 3.41. The van der Waals surface area contributed by atoms with E-state index in [1.807, 2.05) is 36.4 Å². The van der Waals surface area contributed by atoms with E-state index < -0.39 is 0 Å². The molecule has 1 heterocycles. The second-order valence-electron chi connectivity index (χ2n) is 5.57. The van der Waals surface area contributed by atoms with Crippen LogP contribution in [-0.2, 0) is 9.59 Å². The Hall–Kier alpha value is -3.24. The molecule has 0 saturated carbocycles. The smallest absolute Gasteiger partial charge is 0.257 e. The fourth-order valence-corrected chi connectivity index (χ4v) is 2.89. The summed E-state index contributed by atoms with van der Waals surface area (Å²) >= 11 is 1.24. The van der Waals surface area contributed by atoms with Crippen molar-refractivity contribution in [2.75, 3.05) is 17.6 Å². The molecule has 0 atom stereocenters. The fourth-order valence-electron chi connectivity index (χ4n) is 2.22. The number of hydrogen-bond donors (Lipinski definition) is 2. The van der Waals surface area contributed by atoms with E-state index in [-0.39, 0.29) is 24.1 Å². The van der Waals surface area contributed by atoms with Crippen LogP contribution in [0.2, 0.25) is 0 Å². The van der Waals surface area contributed by atoms with Crippen molar-refractivity contribution >= 4 is 40.4 Å². The van der Waals surface area contributed by atoms with Crippen LogP contribution in [0.5, 0.6) is 0 Å². The van der Waals surface area contributed by atoms with Gasteiger partial charge >= 0.3 is 0 Å². The maximum absolute atomic E-state index is 11.9. The largest absolute Gasteiger partial charge is 0.431 e. The zero-order valence-corrected chi connectivity index (χ0v) is 15.4. The first-order valence-electron chi connectivity index (χ1n) is 8.22. The van der Waals surface area contributed by atoms with Gasteiger partial charge in [-0.05, 0) is 36.4 Å². The monoisotopic (exact) mass is 379 g/mol. The van der Waals surface area contributed by atoms with Gasteiger partial charge in [0.25, 0.3) is 5.22 Å². The minimum Gasteiger partial charge on any atom is -0.431 e. The number of hydrogen-bond acceptors (Lipinski definition) is 5. The Kier molecular flexibility index (Phi) is 6.13. The fraction of sp³-hybridized carbons (Fsp3) is 0.150. The molecule has 2 N–H and O–H groups in total. The Bertz CT molecular complexity index is 983. The molecule has 3 rings (SSSR count). The van der Waals surface area contributed by atoms with Crippen molar-refractivity contribution in [3.63, 3.8) is 0 Å². The highest BCUT2D eigenvalue weighted by Gasteiger charge is 2.08. The van der Waals surface area contributed by atoms with Crippen LogP contribution in [0, 0.1) is 11.8 Å². The lowest BCUT2D eigenvalue weighted by atomic mass is 10.2. The number of nitrogens with zero attached hydrogens (tertiary/aromatic N) is 1. The number of carbonyl (C=O) groups excluding carboxylic acids is 2. The number of thioether (sulfide) groups is 1. The van der Waals surface area contributed by atoms with Crippen LogP contribution < -0.4 is 10.6 Å². The molecule has 7 heteroatoms. The van der Waals surface area contributed by atoms with E-state index >= 15 is 0 Å². The summed E-state index contributed by atoms with van der Waals surface area (Å²) in [4.78, 5) is 27.2. The number of fused-ring (bicyclic) bond motifs is 1. The summed E-state index contributed by atoms with van der Waals surface area (Å²) in [5.41, 5.74) is 3.00. The zero-order valence-electron chi connectivity index (χ0n) is 14.6. The van der Waals surface area contributed by atoms with Gasteiger partial charge in [-0.25, -0.2) is 4.98 Å². The molecule has 2 amide bonds. The highest BCUT2D eigenvalue weighted by Crippen LogP contribution is 2.22. The molecule has 136 valence electrons. The maximum Gasteiger partial charge on any atom is 0.257 e. The summed E-state index contributed by atoms with van der Waals surface area (Å²) in [7, 11) is 0. The van der Waals surface area contributed by atoms with Crippen molar-refractivity contribution in [3.8, 4) is 11.8 Å². The first-order chi connectivity index (χ1) is 13.1. The summed E-state index contributed by atoms with van der Waals surface area (Å²) in [6.45, 7) is 1.71. The summed E-state index contributed by atoms with van der Waals surface area (Å²) in [6.07, 6.45) is 0. The van der Waals surface area contributed by atoms with E-state index in [2.05, 4.69) is 27.5 Å². The van der Waals surface area contributed by atoms with Crippen molar-refractivity contribution in [2.45, 2.75) is 12.1 Å². The molecule has 0 aliphatic heterocycles. The van der Waals surface area contributed by atoms with Crippen LogP contribution in [0.4, 0.5) is 5.69 Å². The Morgan fingerprint density at radius 1 is 1.15 bits per heavy atom. The van der Waals surface area contributed by atoms with Gasteiger partial charge in [-0.15, -0.1) is 0 Å². The predicted octanol–water partition coefficient (Wildman–Crippen LogP) is 3.05. The highest BCUT2D eigenvalue weighted by molar-refractivity contribution is 7.99. The van der Waals surface area contributed by atoms with E-state index in [0.717, 1.165) is 16.8 Å². The lowest BCUT2D eigenvalue weighted by Crippen LogP contribution is -2.25.